The number of furan rings is 1. The van der Waals surface area contributed by atoms with Crippen molar-refractivity contribution in [3.8, 4) is 5.69 Å². The first-order valence-electron chi connectivity index (χ1n) is 10.0. The third-order valence-corrected chi connectivity index (χ3v) is 6.38. The van der Waals surface area contributed by atoms with Crippen molar-refractivity contribution in [2.45, 2.75) is 0 Å². The van der Waals surface area contributed by atoms with Crippen LogP contribution in [0.25, 0.3) is 59.5 Å². The molecule has 0 unspecified atom stereocenters. The van der Waals surface area contributed by atoms with E-state index < -0.39 is 22.4 Å². The third kappa shape index (κ3) is 1.94. The van der Waals surface area contributed by atoms with Crippen LogP contribution < -0.4 is 22.4 Å². The maximum atomic E-state index is 13.4. The Morgan fingerprint density at radius 2 is 1.09 bits per heavy atom. The van der Waals surface area contributed by atoms with Crippen LogP contribution in [0.4, 0.5) is 0 Å². The van der Waals surface area contributed by atoms with Gasteiger partial charge in [-0.1, -0.05) is 48.5 Å². The maximum absolute atomic E-state index is 13.4. The van der Waals surface area contributed by atoms with Crippen molar-refractivity contribution in [1.82, 2.24) is 4.57 Å². The summed E-state index contributed by atoms with van der Waals surface area (Å²) < 4.78 is 5.75. The van der Waals surface area contributed by atoms with Gasteiger partial charge in [0, 0.05) is 5.39 Å². The predicted molar refractivity (Wildman–Crippen MR) is 124 cm³/mol. The second-order valence-corrected chi connectivity index (χ2v) is 8.01. The molecule has 6 nitrogen and oxygen atoms in total. The smallest absolute Gasteiger partial charge is 0.346 e. The zero-order chi connectivity index (χ0) is 21.7. The molecule has 2 aromatic heterocycles. The first kappa shape index (κ1) is 17.1. The van der Waals surface area contributed by atoms with Crippen LogP contribution in [0.3, 0.4) is 0 Å². The first-order chi connectivity index (χ1) is 15.5. The highest BCUT2D eigenvalue weighted by molar-refractivity contribution is 6.25. The van der Waals surface area contributed by atoms with E-state index in [9.17, 15) is 19.2 Å². The topological polar surface area (TPSA) is 86.3 Å². The molecular formula is C26H11NO5. The SMILES string of the molecule is O=c1oc(=O)c2cc3c(=O)n(-c4cc5cccc6ccc7cccc4c7c65)c(=O)c3cc12. The maximum Gasteiger partial charge on any atom is 0.346 e. The molecule has 0 bridgehead atoms. The molecule has 150 valence electrons. The van der Waals surface area contributed by atoms with Gasteiger partial charge in [0.25, 0.3) is 11.1 Å². The van der Waals surface area contributed by atoms with E-state index in [0.29, 0.717) is 5.69 Å². The number of hydrogen-bond acceptors (Lipinski definition) is 5. The molecule has 7 aromatic rings. The lowest BCUT2D eigenvalue weighted by Gasteiger charge is -2.14. The number of aromatic nitrogens is 1. The average Bonchev–Trinajstić information content (AvgIpc) is 3.22. The quantitative estimate of drug-likeness (QED) is 0.381. The molecule has 0 aliphatic carbocycles. The lowest BCUT2D eigenvalue weighted by molar-refractivity contribution is 0.500. The van der Waals surface area contributed by atoms with Gasteiger partial charge in [0.05, 0.1) is 27.2 Å². The van der Waals surface area contributed by atoms with Crippen LogP contribution in [0.15, 0.2) is 90.3 Å². The van der Waals surface area contributed by atoms with Crippen LogP contribution in [0.5, 0.6) is 0 Å². The molecule has 32 heavy (non-hydrogen) atoms. The highest BCUT2D eigenvalue weighted by atomic mass is 16.4. The Hall–Kier alpha value is -4.58. The lowest BCUT2D eigenvalue weighted by Crippen LogP contribution is -2.23. The van der Waals surface area contributed by atoms with Gasteiger partial charge < -0.3 is 4.42 Å². The summed E-state index contributed by atoms with van der Waals surface area (Å²) in [6.45, 7) is 0. The molecule has 7 rings (SSSR count). The number of benzene rings is 5. The lowest BCUT2D eigenvalue weighted by atomic mass is 9.93. The van der Waals surface area contributed by atoms with Crippen molar-refractivity contribution >= 4 is 53.9 Å². The zero-order valence-corrected chi connectivity index (χ0v) is 16.3. The molecular weight excluding hydrogens is 406 g/mol. The normalized spacial score (nSPS) is 12.2. The minimum Gasteiger partial charge on any atom is -0.386 e. The zero-order valence-electron chi connectivity index (χ0n) is 16.3. The van der Waals surface area contributed by atoms with Crippen LogP contribution in [-0.2, 0) is 0 Å². The molecule has 5 aromatic carbocycles. The van der Waals surface area contributed by atoms with E-state index in [2.05, 4.69) is 10.5 Å². The predicted octanol–water partition coefficient (Wildman–Crippen LogP) is 3.59. The fourth-order valence-electron chi connectivity index (χ4n) is 4.97. The molecule has 0 N–H and O–H groups in total. The Kier molecular flexibility index (Phi) is 2.98. The molecule has 0 amide bonds. The minimum atomic E-state index is -0.811. The summed E-state index contributed by atoms with van der Waals surface area (Å²) in [5.41, 5.74) is -2.21. The van der Waals surface area contributed by atoms with Gasteiger partial charge in [-0.25, -0.2) is 14.2 Å². The highest BCUT2D eigenvalue weighted by Gasteiger charge is 2.21. The van der Waals surface area contributed by atoms with E-state index in [1.807, 2.05) is 48.5 Å². The van der Waals surface area contributed by atoms with E-state index in [4.69, 9.17) is 0 Å². The molecule has 0 saturated heterocycles. The van der Waals surface area contributed by atoms with Crippen LogP contribution in [0.2, 0.25) is 0 Å². The number of nitrogens with zero attached hydrogens (tertiary/aromatic N) is 1. The van der Waals surface area contributed by atoms with E-state index in [1.54, 1.807) is 0 Å². The average molecular weight is 417 g/mol. The second-order valence-electron chi connectivity index (χ2n) is 8.01. The molecule has 0 atom stereocenters. The van der Waals surface area contributed by atoms with Gasteiger partial charge in [0.1, 0.15) is 0 Å². The standard InChI is InChI=1S/C26H11NO5/c28-23-16-10-18-19(26(31)32-25(18)30)11-17(16)24(29)27(23)20-9-14-5-1-3-12-7-8-13-4-2-6-15(20)22(13)21(12)14/h1-11H. The second kappa shape index (κ2) is 5.56. The van der Waals surface area contributed by atoms with Crippen molar-refractivity contribution in [2.24, 2.45) is 0 Å². The summed E-state index contributed by atoms with van der Waals surface area (Å²) in [5.74, 6) is 0. The molecule has 6 heteroatoms. The van der Waals surface area contributed by atoms with Gasteiger partial charge >= 0.3 is 11.3 Å². The molecule has 0 spiro atoms. The molecule has 0 aliphatic rings. The monoisotopic (exact) mass is 417 g/mol. The van der Waals surface area contributed by atoms with Crippen molar-refractivity contribution in [2.75, 3.05) is 0 Å². The summed E-state index contributed by atoms with van der Waals surface area (Å²) >= 11 is 0. The summed E-state index contributed by atoms with van der Waals surface area (Å²) in [6, 6.07) is 20.2. The van der Waals surface area contributed by atoms with E-state index in [0.717, 1.165) is 36.9 Å². The number of hydrogen-bond donors (Lipinski definition) is 0. The van der Waals surface area contributed by atoms with E-state index in [1.165, 1.54) is 12.1 Å². The van der Waals surface area contributed by atoms with Gasteiger partial charge in [-0.15, -0.1) is 0 Å². The summed E-state index contributed by atoms with van der Waals surface area (Å²) in [4.78, 5) is 50.7. The van der Waals surface area contributed by atoms with Gasteiger partial charge in [-0.2, -0.15) is 0 Å². The molecule has 0 radical (unpaired) electrons. The third-order valence-electron chi connectivity index (χ3n) is 6.38. The number of rotatable bonds is 1. The van der Waals surface area contributed by atoms with Crippen molar-refractivity contribution in [1.29, 1.82) is 0 Å². The van der Waals surface area contributed by atoms with Gasteiger partial charge in [0.2, 0.25) is 0 Å². The van der Waals surface area contributed by atoms with Crippen LogP contribution in [-0.4, -0.2) is 4.57 Å². The van der Waals surface area contributed by atoms with Crippen molar-refractivity contribution in [3.05, 3.63) is 108 Å². The van der Waals surface area contributed by atoms with Gasteiger partial charge in [-0.05, 0) is 45.1 Å². The van der Waals surface area contributed by atoms with Crippen molar-refractivity contribution in [3.63, 3.8) is 0 Å². The molecule has 0 aliphatic heterocycles. The summed E-state index contributed by atoms with van der Waals surface area (Å²) in [5, 5.41) is 6.04. The fraction of sp³-hybridized carbons (Fsp3) is 0. The Labute approximate surface area is 177 Å². The van der Waals surface area contributed by atoms with Crippen LogP contribution in [0, 0.1) is 0 Å². The van der Waals surface area contributed by atoms with Gasteiger partial charge in [0.15, 0.2) is 0 Å². The summed E-state index contributed by atoms with van der Waals surface area (Å²) in [6.07, 6.45) is 0. The van der Waals surface area contributed by atoms with Gasteiger partial charge in [-0.3, -0.25) is 9.59 Å². The first-order valence-corrected chi connectivity index (χ1v) is 10.0. The number of fused-ring (bicyclic) bond motifs is 2. The molecule has 0 saturated carbocycles. The van der Waals surface area contributed by atoms with Crippen LogP contribution in [0.1, 0.15) is 0 Å². The van der Waals surface area contributed by atoms with Crippen LogP contribution >= 0.6 is 0 Å². The Bertz CT molecular complexity index is 2040. The largest absolute Gasteiger partial charge is 0.386 e. The van der Waals surface area contributed by atoms with E-state index >= 15 is 0 Å². The fourth-order valence-corrected chi connectivity index (χ4v) is 4.97. The Morgan fingerprint density at radius 3 is 1.75 bits per heavy atom. The molecule has 2 heterocycles. The summed E-state index contributed by atoms with van der Waals surface area (Å²) in [7, 11) is 0. The highest BCUT2D eigenvalue weighted by Crippen LogP contribution is 2.37. The molecule has 0 fully saturated rings. The van der Waals surface area contributed by atoms with E-state index in [-0.39, 0.29) is 21.5 Å². The minimum absolute atomic E-state index is 0.00610. The van der Waals surface area contributed by atoms with Crippen molar-refractivity contribution < 1.29 is 4.42 Å². The Balaban J connectivity index is 1.71. The Morgan fingerprint density at radius 1 is 0.531 bits per heavy atom.